The van der Waals surface area contributed by atoms with Crippen LogP contribution in [0.4, 0.5) is 0 Å². The Labute approximate surface area is 139 Å². The Morgan fingerprint density at radius 3 is 1.54 bits per heavy atom. The molecule has 8 saturated carbocycles. The Kier molecular flexibility index (Phi) is 1.33. The van der Waals surface area contributed by atoms with E-state index in [1.54, 1.807) is 0 Å². The summed E-state index contributed by atoms with van der Waals surface area (Å²) in [5.41, 5.74) is -0.902. The van der Waals surface area contributed by atoms with E-state index in [1.165, 1.54) is 12.8 Å². The minimum absolute atomic E-state index is 0.0392. The number of esters is 2. The van der Waals surface area contributed by atoms with Crippen LogP contribution in [0, 0.1) is 70.0 Å². The third kappa shape index (κ3) is 0.641. The van der Waals surface area contributed by atoms with Crippen LogP contribution in [-0.2, 0) is 19.1 Å². The first-order valence-electron chi connectivity index (χ1n) is 10.2. The molecular formula is C20H20O4. The van der Waals surface area contributed by atoms with Crippen LogP contribution < -0.4 is 0 Å². The molecule has 8 aliphatic carbocycles. The average molecular weight is 324 g/mol. The van der Waals surface area contributed by atoms with Crippen molar-refractivity contribution in [2.24, 2.45) is 70.0 Å². The average Bonchev–Trinajstić information content (AvgIpc) is 3.34. The maximum absolute atomic E-state index is 13.5. The molecule has 0 radical (unpaired) electrons. The molecule has 0 amide bonds. The van der Waals surface area contributed by atoms with E-state index >= 15 is 0 Å². The molecule has 2 saturated heterocycles. The van der Waals surface area contributed by atoms with Crippen LogP contribution in [0.5, 0.6) is 0 Å². The molecule has 14 atom stereocenters. The van der Waals surface area contributed by atoms with E-state index in [2.05, 4.69) is 0 Å². The van der Waals surface area contributed by atoms with Gasteiger partial charge in [-0.2, -0.15) is 0 Å². The largest absolute Gasteiger partial charge is 0.462 e. The third-order valence-corrected chi connectivity index (χ3v) is 11.3. The summed E-state index contributed by atoms with van der Waals surface area (Å²) >= 11 is 0. The minimum atomic E-state index is -0.451. The van der Waals surface area contributed by atoms with Crippen LogP contribution >= 0.6 is 0 Å². The van der Waals surface area contributed by atoms with Gasteiger partial charge in [0.05, 0.1) is 10.8 Å². The van der Waals surface area contributed by atoms with Gasteiger partial charge in [-0.15, -0.1) is 0 Å². The van der Waals surface area contributed by atoms with Crippen LogP contribution in [0.3, 0.4) is 0 Å². The SMILES string of the molecule is O=C1O[C@@H]2CC[C@H]3[C@H]2[C@H]2[C@H]4[C@H]5[C@H]6[C@H]7[C@H]8CC[C@@H]7OC(=O)[C@]6([C@@H]34)[C@@]12[C@H]85. The van der Waals surface area contributed by atoms with E-state index in [0.717, 1.165) is 12.8 Å². The van der Waals surface area contributed by atoms with Crippen LogP contribution in [0.15, 0.2) is 0 Å². The molecule has 0 unspecified atom stereocenters. The van der Waals surface area contributed by atoms with Gasteiger partial charge >= 0.3 is 11.9 Å². The van der Waals surface area contributed by atoms with Crippen molar-refractivity contribution in [1.82, 2.24) is 0 Å². The van der Waals surface area contributed by atoms with Crippen molar-refractivity contribution < 1.29 is 19.1 Å². The van der Waals surface area contributed by atoms with E-state index in [-0.39, 0.29) is 24.1 Å². The second kappa shape index (κ2) is 2.77. The number of ether oxygens (including phenoxy) is 2. The molecule has 2 heterocycles. The van der Waals surface area contributed by atoms with E-state index in [0.29, 0.717) is 59.2 Å². The fourth-order valence-electron chi connectivity index (χ4n) is 12.0. The third-order valence-electron chi connectivity index (χ3n) is 11.3. The zero-order valence-electron chi connectivity index (χ0n) is 13.4. The second-order valence-electron chi connectivity index (χ2n) is 10.5. The molecule has 10 fully saturated rings. The number of hydrogen-bond acceptors (Lipinski definition) is 4. The fraction of sp³-hybridized carbons (Fsp3) is 0.900. The first-order valence-corrected chi connectivity index (χ1v) is 10.2. The molecular weight excluding hydrogens is 304 g/mol. The highest BCUT2D eigenvalue weighted by atomic mass is 16.6. The Balaban J connectivity index is 1.45. The minimum Gasteiger partial charge on any atom is -0.462 e. The molecule has 0 aromatic rings. The molecule has 2 spiro atoms. The van der Waals surface area contributed by atoms with Crippen LogP contribution in [-0.4, -0.2) is 24.1 Å². The lowest BCUT2D eigenvalue weighted by Gasteiger charge is -2.62. The van der Waals surface area contributed by atoms with Crippen molar-refractivity contribution in [3.05, 3.63) is 0 Å². The van der Waals surface area contributed by atoms with Gasteiger partial charge in [-0.05, 0) is 73.0 Å². The van der Waals surface area contributed by atoms with Gasteiger partial charge in [-0.25, -0.2) is 0 Å². The Morgan fingerprint density at radius 1 is 0.625 bits per heavy atom. The topological polar surface area (TPSA) is 52.6 Å². The maximum atomic E-state index is 13.5. The molecule has 124 valence electrons. The van der Waals surface area contributed by atoms with Crippen molar-refractivity contribution in [2.45, 2.75) is 37.9 Å². The Bertz CT molecular complexity index is 723. The highest BCUT2D eigenvalue weighted by molar-refractivity contribution is 5.96. The molecule has 0 aromatic heterocycles. The summed E-state index contributed by atoms with van der Waals surface area (Å²) in [7, 11) is 0. The predicted molar refractivity (Wildman–Crippen MR) is 78.0 cm³/mol. The second-order valence-corrected chi connectivity index (χ2v) is 10.5. The molecule has 24 heavy (non-hydrogen) atoms. The van der Waals surface area contributed by atoms with Crippen molar-refractivity contribution in [1.29, 1.82) is 0 Å². The van der Waals surface area contributed by atoms with Gasteiger partial charge in [-0.1, -0.05) is 0 Å². The molecule has 4 nitrogen and oxygen atoms in total. The number of carbonyl (C=O) groups excluding carboxylic acids is 2. The first kappa shape index (κ1) is 11.5. The lowest BCUT2D eigenvalue weighted by Crippen LogP contribution is -2.71. The summed E-state index contributed by atoms with van der Waals surface area (Å²) in [6.07, 6.45) is 4.77. The van der Waals surface area contributed by atoms with E-state index in [4.69, 9.17) is 9.47 Å². The zero-order valence-corrected chi connectivity index (χ0v) is 13.4. The molecule has 10 aliphatic rings. The highest BCUT2D eigenvalue weighted by Gasteiger charge is 3.03. The first-order chi connectivity index (χ1) is 11.7. The summed E-state index contributed by atoms with van der Waals surface area (Å²) in [4.78, 5) is 27.0. The van der Waals surface area contributed by atoms with Crippen molar-refractivity contribution >= 4 is 11.9 Å². The normalized spacial score (nSPS) is 78.5. The number of hydrogen-bond donors (Lipinski definition) is 0. The maximum Gasteiger partial charge on any atom is 0.314 e. The molecule has 0 N–H and O–H groups in total. The van der Waals surface area contributed by atoms with Crippen molar-refractivity contribution in [3.63, 3.8) is 0 Å². The van der Waals surface area contributed by atoms with Gasteiger partial charge in [0.1, 0.15) is 12.2 Å². The van der Waals surface area contributed by atoms with Gasteiger partial charge in [0, 0.05) is 11.8 Å². The zero-order chi connectivity index (χ0) is 15.3. The van der Waals surface area contributed by atoms with Gasteiger partial charge in [0.25, 0.3) is 0 Å². The van der Waals surface area contributed by atoms with E-state index in [1.807, 2.05) is 0 Å². The van der Waals surface area contributed by atoms with Crippen LogP contribution in [0.25, 0.3) is 0 Å². The summed E-state index contributed by atoms with van der Waals surface area (Å²) in [6, 6.07) is 0. The lowest BCUT2D eigenvalue weighted by atomic mass is 9.42. The molecule has 0 aromatic carbocycles. The molecule has 8 bridgehead atoms. The Hall–Kier alpha value is -1.06. The molecule has 4 heteroatoms. The molecule has 10 rings (SSSR count). The van der Waals surface area contributed by atoms with E-state index < -0.39 is 10.8 Å². The van der Waals surface area contributed by atoms with Crippen molar-refractivity contribution in [2.75, 3.05) is 0 Å². The standard InChI is InChI=1S/C20H20O4/c21-17-19-13-5-1-3-7-9(5)15-11(13)12-14(20(15,19)18(22)23-7)6-2-4-8(24-17)10(6)16(12)19/h5-16H,1-4H2/t5-,6+,7+,8-,9+,10-,11-,12+,13-,14+,15-,16+,19-,20-/m1/s1. The fourth-order valence-corrected chi connectivity index (χ4v) is 12.0. The Morgan fingerprint density at radius 2 is 1.08 bits per heavy atom. The van der Waals surface area contributed by atoms with Crippen LogP contribution in [0.2, 0.25) is 0 Å². The summed E-state index contributed by atoms with van der Waals surface area (Å²) in [5.74, 6) is 5.71. The quantitative estimate of drug-likeness (QED) is 0.636. The monoisotopic (exact) mass is 324 g/mol. The number of carbonyl (C=O) groups is 2. The summed E-state index contributed by atoms with van der Waals surface area (Å²) in [5, 5.41) is 0. The van der Waals surface area contributed by atoms with Crippen LogP contribution in [0.1, 0.15) is 25.7 Å². The summed E-state index contributed by atoms with van der Waals surface area (Å²) < 4.78 is 12.2. The molecule has 2 aliphatic heterocycles. The van der Waals surface area contributed by atoms with Crippen molar-refractivity contribution in [3.8, 4) is 0 Å². The summed E-state index contributed by atoms with van der Waals surface area (Å²) in [6.45, 7) is 0. The smallest absolute Gasteiger partial charge is 0.314 e. The van der Waals surface area contributed by atoms with E-state index in [9.17, 15) is 9.59 Å². The van der Waals surface area contributed by atoms with Gasteiger partial charge in [0.2, 0.25) is 0 Å². The number of rotatable bonds is 0. The predicted octanol–water partition coefficient (Wildman–Crippen LogP) is 1.63. The highest BCUT2D eigenvalue weighted by Crippen LogP contribution is 2.99. The van der Waals surface area contributed by atoms with Gasteiger partial charge in [-0.3, -0.25) is 9.59 Å². The van der Waals surface area contributed by atoms with Gasteiger partial charge in [0.15, 0.2) is 0 Å². The van der Waals surface area contributed by atoms with Gasteiger partial charge < -0.3 is 9.47 Å². The lowest BCUT2D eigenvalue weighted by molar-refractivity contribution is -0.250.